The summed E-state index contributed by atoms with van der Waals surface area (Å²) in [6.07, 6.45) is 0. The fourth-order valence-electron chi connectivity index (χ4n) is 2.76. The first-order valence-electron chi connectivity index (χ1n) is 8.78. The molecule has 1 unspecified atom stereocenters. The van der Waals surface area contributed by atoms with Crippen molar-refractivity contribution in [3.8, 4) is 11.5 Å². The third-order valence-corrected chi connectivity index (χ3v) is 4.27. The topological polar surface area (TPSA) is 67.9 Å². The standard InChI is InChI=1S/C21H26N2O4/c1-15-8-7-9-17(12-15)13-23(16(2)21(25)22-3)20(24)14-27-19-11-6-5-10-18(19)26-4/h5-12,16H,13-14H2,1-4H3,(H,22,25). The van der Waals surface area contributed by atoms with Gasteiger partial charge < -0.3 is 19.7 Å². The second-order valence-corrected chi connectivity index (χ2v) is 6.24. The molecule has 1 atom stereocenters. The minimum absolute atomic E-state index is 0.187. The van der Waals surface area contributed by atoms with Gasteiger partial charge in [-0.15, -0.1) is 0 Å². The average Bonchev–Trinajstić information content (AvgIpc) is 2.69. The molecule has 2 aromatic rings. The molecule has 6 heteroatoms. The number of para-hydroxylation sites is 2. The molecule has 0 spiro atoms. The van der Waals surface area contributed by atoms with E-state index in [4.69, 9.17) is 9.47 Å². The third kappa shape index (κ3) is 5.48. The van der Waals surface area contributed by atoms with Crippen molar-refractivity contribution in [3.63, 3.8) is 0 Å². The predicted octanol–water partition coefficient (Wildman–Crippen LogP) is 2.55. The number of hydrogen-bond donors (Lipinski definition) is 1. The highest BCUT2D eigenvalue weighted by atomic mass is 16.5. The molecule has 1 N–H and O–H groups in total. The third-order valence-electron chi connectivity index (χ3n) is 4.27. The second kappa shape index (κ2) is 9.62. The molecule has 2 rings (SSSR count). The molecule has 0 aromatic heterocycles. The number of carbonyl (C=O) groups is 2. The van der Waals surface area contributed by atoms with E-state index in [1.807, 2.05) is 37.3 Å². The number of hydrogen-bond acceptors (Lipinski definition) is 4. The molecule has 0 fully saturated rings. The van der Waals surface area contributed by atoms with Crippen LogP contribution in [0.2, 0.25) is 0 Å². The Bertz CT molecular complexity index is 791. The molecule has 6 nitrogen and oxygen atoms in total. The maximum Gasteiger partial charge on any atom is 0.261 e. The van der Waals surface area contributed by atoms with Crippen molar-refractivity contribution in [1.82, 2.24) is 10.2 Å². The summed E-state index contributed by atoms with van der Waals surface area (Å²) in [7, 11) is 3.10. The Kier molecular flexibility index (Phi) is 7.23. The van der Waals surface area contributed by atoms with Crippen LogP contribution in [-0.2, 0) is 16.1 Å². The summed E-state index contributed by atoms with van der Waals surface area (Å²) in [5.74, 6) is 0.526. The largest absolute Gasteiger partial charge is 0.493 e. The number of ether oxygens (including phenoxy) is 2. The number of nitrogens with one attached hydrogen (secondary N) is 1. The molecule has 0 aliphatic carbocycles. The van der Waals surface area contributed by atoms with Gasteiger partial charge in [0.2, 0.25) is 5.91 Å². The number of likely N-dealkylation sites (N-methyl/N-ethyl adjacent to an activating group) is 1. The van der Waals surface area contributed by atoms with Gasteiger partial charge in [-0.1, -0.05) is 42.0 Å². The van der Waals surface area contributed by atoms with Crippen molar-refractivity contribution < 1.29 is 19.1 Å². The van der Waals surface area contributed by atoms with E-state index in [0.29, 0.717) is 18.0 Å². The highest BCUT2D eigenvalue weighted by Crippen LogP contribution is 2.25. The first-order chi connectivity index (χ1) is 13.0. The maximum absolute atomic E-state index is 12.8. The van der Waals surface area contributed by atoms with E-state index in [0.717, 1.165) is 11.1 Å². The molecule has 0 saturated carbocycles. The summed E-state index contributed by atoms with van der Waals surface area (Å²) in [6, 6.07) is 14.4. The highest BCUT2D eigenvalue weighted by Gasteiger charge is 2.26. The summed E-state index contributed by atoms with van der Waals surface area (Å²) >= 11 is 0. The number of rotatable bonds is 8. The number of amides is 2. The van der Waals surface area contributed by atoms with Crippen LogP contribution in [0.25, 0.3) is 0 Å². The van der Waals surface area contributed by atoms with Crippen molar-refractivity contribution in [3.05, 3.63) is 59.7 Å². The molecule has 2 aromatic carbocycles. The lowest BCUT2D eigenvalue weighted by Crippen LogP contribution is -2.48. The van der Waals surface area contributed by atoms with Gasteiger partial charge in [0.25, 0.3) is 5.91 Å². The van der Waals surface area contributed by atoms with Gasteiger partial charge >= 0.3 is 0 Å². The number of nitrogens with zero attached hydrogens (tertiary/aromatic N) is 1. The van der Waals surface area contributed by atoms with Crippen LogP contribution in [0.1, 0.15) is 18.1 Å². The number of benzene rings is 2. The van der Waals surface area contributed by atoms with Crippen LogP contribution in [0.4, 0.5) is 0 Å². The molecule has 0 saturated heterocycles. The number of methoxy groups -OCH3 is 1. The zero-order chi connectivity index (χ0) is 19.8. The molecule has 0 heterocycles. The maximum atomic E-state index is 12.8. The van der Waals surface area contributed by atoms with Gasteiger partial charge in [0.15, 0.2) is 18.1 Å². The molecule has 0 aliphatic rings. The van der Waals surface area contributed by atoms with Gasteiger partial charge in [0.1, 0.15) is 6.04 Å². The Morgan fingerprint density at radius 2 is 1.81 bits per heavy atom. The summed E-state index contributed by atoms with van der Waals surface area (Å²) < 4.78 is 10.9. The lowest BCUT2D eigenvalue weighted by Gasteiger charge is -2.28. The number of carbonyl (C=O) groups excluding carboxylic acids is 2. The van der Waals surface area contributed by atoms with Crippen LogP contribution in [0.5, 0.6) is 11.5 Å². The highest BCUT2D eigenvalue weighted by molar-refractivity contribution is 5.87. The molecule has 0 bridgehead atoms. The Morgan fingerprint density at radius 3 is 2.44 bits per heavy atom. The van der Waals surface area contributed by atoms with Crippen molar-refractivity contribution in [2.24, 2.45) is 0 Å². The van der Waals surface area contributed by atoms with Gasteiger partial charge in [-0.05, 0) is 31.5 Å². The van der Waals surface area contributed by atoms with Crippen molar-refractivity contribution >= 4 is 11.8 Å². The van der Waals surface area contributed by atoms with E-state index in [9.17, 15) is 9.59 Å². The van der Waals surface area contributed by atoms with Gasteiger partial charge in [-0.2, -0.15) is 0 Å². The average molecular weight is 370 g/mol. The summed E-state index contributed by atoms with van der Waals surface area (Å²) in [6.45, 7) is 3.83. The van der Waals surface area contributed by atoms with Crippen LogP contribution in [0, 0.1) is 6.92 Å². The first-order valence-corrected chi connectivity index (χ1v) is 8.78. The van der Waals surface area contributed by atoms with E-state index in [-0.39, 0.29) is 18.4 Å². The van der Waals surface area contributed by atoms with Crippen molar-refractivity contribution in [1.29, 1.82) is 0 Å². The summed E-state index contributed by atoms with van der Waals surface area (Å²) in [5.41, 5.74) is 2.05. The van der Waals surface area contributed by atoms with E-state index in [1.54, 1.807) is 39.3 Å². The zero-order valence-corrected chi connectivity index (χ0v) is 16.2. The Balaban J connectivity index is 2.16. The lowest BCUT2D eigenvalue weighted by molar-refractivity contribution is -0.142. The quantitative estimate of drug-likeness (QED) is 0.775. The minimum Gasteiger partial charge on any atom is -0.493 e. The summed E-state index contributed by atoms with van der Waals surface area (Å²) in [5, 5.41) is 2.60. The molecular formula is C21H26N2O4. The van der Waals surface area contributed by atoms with Gasteiger partial charge in [0.05, 0.1) is 7.11 Å². The first kappa shape index (κ1) is 20.3. The second-order valence-electron chi connectivity index (χ2n) is 6.24. The normalized spacial score (nSPS) is 11.4. The smallest absolute Gasteiger partial charge is 0.261 e. The Morgan fingerprint density at radius 1 is 1.11 bits per heavy atom. The van der Waals surface area contributed by atoms with Crippen LogP contribution < -0.4 is 14.8 Å². The van der Waals surface area contributed by atoms with Crippen LogP contribution in [-0.4, -0.2) is 43.5 Å². The van der Waals surface area contributed by atoms with Crippen molar-refractivity contribution in [2.45, 2.75) is 26.4 Å². The number of aryl methyl sites for hydroxylation is 1. The van der Waals surface area contributed by atoms with Crippen LogP contribution >= 0.6 is 0 Å². The van der Waals surface area contributed by atoms with E-state index >= 15 is 0 Å². The SMILES string of the molecule is CNC(=O)C(C)N(Cc1cccc(C)c1)C(=O)COc1ccccc1OC. The van der Waals surface area contributed by atoms with Gasteiger partial charge in [-0.25, -0.2) is 0 Å². The Labute approximate surface area is 160 Å². The van der Waals surface area contributed by atoms with E-state index in [2.05, 4.69) is 5.32 Å². The lowest BCUT2D eigenvalue weighted by atomic mass is 10.1. The fraction of sp³-hybridized carbons (Fsp3) is 0.333. The fourth-order valence-corrected chi connectivity index (χ4v) is 2.76. The van der Waals surface area contributed by atoms with Crippen LogP contribution in [0.3, 0.4) is 0 Å². The minimum atomic E-state index is -0.621. The van der Waals surface area contributed by atoms with Crippen LogP contribution in [0.15, 0.2) is 48.5 Å². The molecule has 27 heavy (non-hydrogen) atoms. The monoisotopic (exact) mass is 370 g/mol. The molecule has 2 amide bonds. The van der Waals surface area contributed by atoms with Gasteiger partial charge in [0, 0.05) is 13.6 Å². The zero-order valence-electron chi connectivity index (χ0n) is 16.2. The van der Waals surface area contributed by atoms with E-state index < -0.39 is 6.04 Å². The molecular weight excluding hydrogens is 344 g/mol. The van der Waals surface area contributed by atoms with E-state index in [1.165, 1.54) is 4.90 Å². The molecule has 144 valence electrons. The van der Waals surface area contributed by atoms with Crippen molar-refractivity contribution in [2.75, 3.05) is 20.8 Å². The summed E-state index contributed by atoms with van der Waals surface area (Å²) in [4.78, 5) is 26.5. The Hall–Kier alpha value is -3.02. The van der Waals surface area contributed by atoms with Gasteiger partial charge in [-0.3, -0.25) is 9.59 Å². The molecule has 0 radical (unpaired) electrons. The molecule has 0 aliphatic heterocycles. The predicted molar refractivity (Wildman–Crippen MR) is 104 cm³/mol.